The molecule has 0 saturated carbocycles. The Kier molecular flexibility index (Phi) is 12.2. The van der Waals surface area contributed by atoms with E-state index < -0.39 is 24.3 Å². The van der Waals surface area contributed by atoms with Crippen molar-refractivity contribution in [3.05, 3.63) is 125 Å². The Morgan fingerprint density at radius 1 is 0.854 bits per heavy atom. The average molecular weight is 671 g/mol. The van der Waals surface area contributed by atoms with Crippen LogP contribution in [0.1, 0.15) is 58.4 Å². The molecular weight excluding hydrogens is 632 g/mol. The summed E-state index contributed by atoms with van der Waals surface area (Å²) in [5, 5.41) is 24.4. The summed E-state index contributed by atoms with van der Waals surface area (Å²) in [4.78, 5) is 36.1. The zero-order valence-electron chi connectivity index (χ0n) is 26.5. The van der Waals surface area contributed by atoms with E-state index in [0.29, 0.717) is 17.1 Å². The lowest BCUT2D eigenvalue weighted by atomic mass is 9.99. The standard InChI is InChI=1S/C37H38N2O8S/c1-2-45-34(41)21-39-37(44)38-20-25-7-5-8-27(17-25)28-9-6-10-29(18-28)36-46-30(23-48-33-12-4-3-11-31(33)35(42)43)19-32(47-36)26-15-13-24(22-40)14-16-26/h3-18,30,32,36,40H,2,19-23H2,1H3,(H,42,43)(H2,38,39,44)/t30-,32+,36+/m1/s1. The van der Waals surface area contributed by atoms with Crippen LogP contribution in [0.5, 0.6) is 0 Å². The van der Waals surface area contributed by atoms with E-state index in [-0.39, 0.29) is 44.1 Å². The van der Waals surface area contributed by atoms with Gasteiger partial charge in [0, 0.05) is 29.2 Å². The number of thioether (sulfide) groups is 1. The van der Waals surface area contributed by atoms with Crippen LogP contribution in [0.4, 0.5) is 4.79 Å². The minimum atomic E-state index is -0.973. The van der Waals surface area contributed by atoms with Crippen LogP contribution in [0.15, 0.2) is 102 Å². The van der Waals surface area contributed by atoms with Gasteiger partial charge in [-0.3, -0.25) is 4.79 Å². The third kappa shape index (κ3) is 9.45. The largest absolute Gasteiger partial charge is 0.478 e. The van der Waals surface area contributed by atoms with Crippen molar-refractivity contribution in [3.63, 3.8) is 0 Å². The second kappa shape index (κ2) is 16.9. The Hall–Kier alpha value is -4.68. The quantitative estimate of drug-likeness (QED) is 0.0960. The number of carboxylic acid groups (broad SMARTS) is 1. The van der Waals surface area contributed by atoms with Crippen molar-refractivity contribution >= 4 is 29.7 Å². The molecule has 4 aromatic rings. The molecule has 11 heteroatoms. The first kappa shape index (κ1) is 34.6. The molecule has 0 unspecified atom stereocenters. The van der Waals surface area contributed by atoms with Gasteiger partial charge in [-0.05, 0) is 59.0 Å². The minimum Gasteiger partial charge on any atom is -0.478 e. The normalized spacial score (nSPS) is 17.3. The van der Waals surface area contributed by atoms with Crippen LogP contribution in [-0.2, 0) is 32.2 Å². The summed E-state index contributed by atoms with van der Waals surface area (Å²) in [6.45, 7) is 1.96. The number of benzene rings is 4. The molecule has 48 heavy (non-hydrogen) atoms. The molecule has 0 aliphatic carbocycles. The summed E-state index contributed by atoms with van der Waals surface area (Å²) in [5.74, 6) is -0.947. The molecule has 3 atom stereocenters. The lowest BCUT2D eigenvalue weighted by Gasteiger charge is -2.36. The number of carboxylic acids is 1. The Morgan fingerprint density at radius 2 is 1.60 bits per heavy atom. The smallest absolute Gasteiger partial charge is 0.336 e. The SMILES string of the molecule is CCOC(=O)CNC(=O)NCc1cccc(-c2cccc([C@H]3O[C@@H](CSc4ccccc4C(=O)O)C[C@@H](c4ccc(CO)cc4)O3)c2)c1. The third-order valence-corrected chi connectivity index (χ3v) is 8.93. The fraction of sp³-hybridized carbons (Fsp3) is 0.270. The van der Waals surface area contributed by atoms with Crippen molar-refractivity contribution in [2.45, 2.75) is 49.9 Å². The number of amides is 2. The van der Waals surface area contributed by atoms with Gasteiger partial charge in [-0.25, -0.2) is 9.59 Å². The number of hydrogen-bond acceptors (Lipinski definition) is 8. The summed E-state index contributed by atoms with van der Waals surface area (Å²) in [7, 11) is 0. The molecule has 10 nitrogen and oxygen atoms in total. The highest BCUT2D eigenvalue weighted by Crippen LogP contribution is 2.40. The fourth-order valence-electron chi connectivity index (χ4n) is 5.31. The minimum absolute atomic E-state index is 0.0491. The number of nitrogens with one attached hydrogen (secondary N) is 2. The van der Waals surface area contributed by atoms with Crippen molar-refractivity contribution in [1.82, 2.24) is 10.6 Å². The van der Waals surface area contributed by atoms with Crippen LogP contribution in [0, 0.1) is 0 Å². The van der Waals surface area contributed by atoms with Crippen molar-refractivity contribution in [3.8, 4) is 11.1 Å². The molecule has 1 heterocycles. The number of carbonyl (C=O) groups excluding carboxylic acids is 2. The number of ether oxygens (including phenoxy) is 3. The van der Waals surface area contributed by atoms with E-state index in [0.717, 1.165) is 33.4 Å². The zero-order valence-corrected chi connectivity index (χ0v) is 27.3. The predicted octanol–water partition coefficient (Wildman–Crippen LogP) is 6.24. The summed E-state index contributed by atoms with van der Waals surface area (Å²) in [6.07, 6.45) is -0.648. The summed E-state index contributed by atoms with van der Waals surface area (Å²) >= 11 is 1.45. The highest BCUT2D eigenvalue weighted by molar-refractivity contribution is 7.99. The van der Waals surface area contributed by atoms with Gasteiger partial charge in [0.15, 0.2) is 6.29 Å². The second-order valence-electron chi connectivity index (χ2n) is 11.1. The molecule has 0 spiro atoms. The first-order chi connectivity index (χ1) is 23.3. The topological polar surface area (TPSA) is 143 Å². The lowest BCUT2D eigenvalue weighted by molar-refractivity contribution is -0.245. The molecular formula is C37H38N2O8S. The van der Waals surface area contributed by atoms with Gasteiger partial charge in [-0.2, -0.15) is 0 Å². The van der Waals surface area contributed by atoms with Gasteiger partial charge in [0.25, 0.3) is 0 Å². The number of aromatic carboxylic acids is 1. The van der Waals surface area contributed by atoms with E-state index in [4.69, 9.17) is 14.2 Å². The number of aliphatic hydroxyl groups is 1. The lowest BCUT2D eigenvalue weighted by Crippen LogP contribution is -2.38. The van der Waals surface area contributed by atoms with Gasteiger partial charge >= 0.3 is 18.0 Å². The van der Waals surface area contributed by atoms with Gasteiger partial charge in [0.05, 0.1) is 31.0 Å². The molecule has 0 bridgehead atoms. The number of carbonyl (C=O) groups is 3. The molecule has 0 aromatic heterocycles. The molecule has 5 rings (SSSR count). The fourth-order valence-corrected chi connectivity index (χ4v) is 6.38. The van der Waals surface area contributed by atoms with E-state index >= 15 is 0 Å². The van der Waals surface area contributed by atoms with Gasteiger partial charge in [0.2, 0.25) is 0 Å². The maximum atomic E-state index is 12.2. The predicted molar refractivity (Wildman–Crippen MR) is 181 cm³/mol. The molecule has 2 amide bonds. The van der Waals surface area contributed by atoms with Crippen LogP contribution >= 0.6 is 11.8 Å². The number of rotatable bonds is 13. The molecule has 4 aromatic carbocycles. The van der Waals surface area contributed by atoms with Crippen molar-refractivity contribution in [1.29, 1.82) is 0 Å². The Balaban J connectivity index is 1.32. The second-order valence-corrected chi connectivity index (χ2v) is 12.2. The first-order valence-electron chi connectivity index (χ1n) is 15.6. The Morgan fingerprint density at radius 3 is 2.35 bits per heavy atom. The molecule has 250 valence electrons. The van der Waals surface area contributed by atoms with Gasteiger partial charge in [-0.15, -0.1) is 11.8 Å². The van der Waals surface area contributed by atoms with Crippen LogP contribution < -0.4 is 10.6 Å². The molecule has 1 fully saturated rings. The summed E-state index contributed by atoms with van der Waals surface area (Å²) in [5.41, 5.74) is 5.60. The highest BCUT2D eigenvalue weighted by atomic mass is 32.2. The van der Waals surface area contributed by atoms with E-state index in [1.165, 1.54) is 11.8 Å². The Bertz CT molecular complexity index is 1710. The van der Waals surface area contributed by atoms with E-state index in [2.05, 4.69) is 10.6 Å². The number of aliphatic hydroxyl groups excluding tert-OH is 1. The van der Waals surface area contributed by atoms with Gasteiger partial charge in [0.1, 0.15) is 6.54 Å². The molecule has 0 radical (unpaired) electrons. The summed E-state index contributed by atoms with van der Waals surface area (Å²) in [6, 6.07) is 29.8. The molecule has 1 saturated heterocycles. The number of urea groups is 1. The van der Waals surface area contributed by atoms with Crippen molar-refractivity contribution < 1.29 is 38.8 Å². The molecule has 1 aliphatic heterocycles. The van der Waals surface area contributed by atoms with E-state index in [1.807, 2.05) is 78.9 Å². The van der Waals surface area contributed by atoms with Gasteiger partial charge < -0.3 is 35.1 Å². The zero-order chi connectivity index (χ0) is 33.9. The number of esters is 1. The average Bonchev–Trinajstić information content (AvgIpc) is 3.12. The van der Waals surface area contributed by atoms with Crippen LogP contribution in [-0.4, -0.2) is 53.2 Å². The molecule has 1 aliphatic rings. The van der Waals surface area contributed by atoms with Crippen LogP contribution in [0.2, 0.25) is 0 Å². The van der Waals surface area contributed by atoms with Crippen molar-refractivity contribution in [2.75, 3.05) is 18.9 Å². The third-order valence-electron chi connectivity index (χ3n) is 7.73. The van der Waals surface area contributed by atoms with E-state index in [1.54, 1.807) is 25.1 Å². The van der Waals surface area contributed by atoms with E-state index in [9.17, 15) is 24.6 Å². The van der Waals surface area contributed by atoms with Crippen LogP contribution in [0.25, 0.3) is 11.1 Å². The maximum Gasteiger partial charge on any atom is 0.336 e. The monoisotopic (exact) mass is 670 g/mol. The summed E-state index contributed by atoms with van der Waals surface area (Å²) < 4.78 is 17.9. The molecule has 4 N–H and O–H groups in total. The Labute approximate surface area is 283 Å². The van der Waals surface area contributed by atoms with Crippen LogP contribution in [0.3, 0.4) is 0 Å². The number of hydrogen-bond donors (Lipinski definition) is 4. The van der Waals surface area contributed by atoms with Gasteiger partial charge in [-0.1, -0.05) is 72.8 Å². The highest BCUT2D eigenvalue weighted by Gasteiger charge is 2.32. The van der Waals surface area contributed by atoms with Crippen molar-refractivity contribution in [2.24, 2.45) is 0 Å². The maximum absolute atomic E-state index is 12.2. The first-order valence-corrected chi connectivity index (χ1v) is 16.6.